The van der Waals surface area contributed by atoms with Crippen molar-refractivity contribution in [2.45, 2.75) is 26.8 Å². The Hall–Kier alpha value is -1.75. The second kappa shape index (κ2) is 4.74. The molecule has 0 bridgehead atoms. The number of rotatable bonds is 2. The zero-order valence-electron chi connectivity index (χ0n) is 10.9. The second-order valence-corrected chi connectivity index (χ2v) is 4.52. The predicted molar refractivity (Wildman–Crippen MR) is 65.3 cm³/mol. The van der Waals surface area contributed by atoms with Crippen LogP contribution in [-0.2, 0) is 0 Å². The maximum absolute atomic E-state index is 13.7. The maximum Gasteiger partial charge on any atom is 0.161 e. The summed E-state index contributed by atoms with van der Waals surface area (Å²) in [5, 5.41) is 0. The van der Waals surface area contributed by atoms with Gasteiger partial charge in [-0.2, -0.15) is 0 Å². The van der Waals surface area contributed by atoms with E-state index in [0.717, 1.165) is 11.6 Å². The lowest BCUT2D eigenvalue weighted by molar-refractivity contribution is 0.485. The van der Waals surface area contributed by atoms with E-state index in [-0.39, 0.29) is 5.56 Å². The molecule has 0 spiro atoms. The Kier molecular flexibility index (Phi) is 3.41. The number of hydrogen-bond donors (Lipinski definition) is 1. The third kappa shape index (κ3) is 2.26. The van der Waals surface area contributed by atoms with E-state index in [2.05, 4.69) is 0 Å². The number of halogens is 3. The van der Waals surface area contributed by atoms with E-state index < -0.39 is 23.5 Å². The Balaban J connectivity index is 2.56. The van der Waals surface area contributed by atoms with Crippen LogP contribution in [-0.4, -0.2) is 0 Å². The van der Waals surface area contributed by atoms with E-state index in [1.54, 1.807) is 20.8 Å². The molecule has 0 aliphatic heterocycles. The van der Waals surface area contributed by atoms with Gasteiger partial charge in [-0.25, -0.2) is 13.2 Å². The molecule has 2 aromatic rings. The minimum atomic E-state index is -1.23. The van der Waals surface area contributed by atoms with Crippen LogP contribution in [0.25, 0.3) is 0 Å². The highest BCUT2D eigenvalue weighted by atomic mass is 19.2. The van der Waals surface area contributed by atoms with Crippen LogP contribution in [0, 0.1) is 38.2 Å². The van der Waals surface area contributed by atoms with Gasteiger partial charge in [0.05, 0.1) is 6.04 Å². The van der Waals surface area contributed by atoms with Crippen LogP contribution >= 0.6 is 0 Å². The lowest BCUT2D eigenvalue weighted by Gasteiger charge is -2.14. The number of hydrogen-bond acceptors (Lipinski definition) is 2. The summed E-state index contributed by atoms with van der Waals surface area (Å²) in [7, 11) is 0. The van der Waals surface area contributed by atoms with Gasteiger partial charge in [0.25, 0.3) is 0 Å². The Morgan fingerprint density at radius 1 is 0.947 bits per heavy atom. The van der Waals surface area contributed by atoms with Crippen LogP contribution in [0.15, 0.2) is 16.5 Å². The number of nitrogens with two attached hydrogens (primary N) is 1. The van der Waals surface area contributed by atoms with Gasteiger partial charge in [-0.1, -0.05) is 0 Å². The third-order valence-corrected chi connectivity index (χ3v) is 3.30. The average molecular weight is 269 g/mol. The van der Waals surface area contributed by atoms with Crippen molar-refractivity contribution in [3.05, 3.63) is 57.8 Å². The van der Waals surface area contributed by atoms with Crippen molar-refractivity contribution in [2.24, 2.45) is 5.73 Å². The summed E-state index contributed by atoms with van der Waals surface area (Å²) < 4.78 is 45.3. The molecule has 0 aliphatic carbocycles. The SMILES string of the molecule is Cc1oc(C)c(C(N)c2cc(F)c(F)cc2F)c1C. The van der Waals surface area contributed by atoms with Gasteiger partial charge < -0.3 is 10.2 Å². The molecule has 0 saturated carbocycles. The summed E-state index contributed by atoms with van der Waals surface area (Å²) >= 11 is 0. The van der Waals surface area contributed by atoms with E-state index in [9.17, 15) is 13.2 Å². The molecule has 19 heavy (non-hydrogen) atoms. The molecule has 0 saturated heterocycles. The van der Waals surface area contributed by atoms with Crippen molar-refractivity contribution in [2.75, 3.05) is 0 Å². The normalized spacial score (nSPS) is 12.8. The fourth-order valence-electron chi connectivity index (χ4n) is 2.20. The van der Waals surface area contributed by atoms with Gasteiger partial charge in [0.15, 0.2) is 11.6 Å². The van der Waals surface area contributed by atoms with E-state index >= 15 is 0 Å². The Labute approximate surface area is 109 Å². The smallest absolute Gasteiger partial charge is 0.161 e. The summed E-state index contributed by atoms with van der Waals surface area (Å²) in [4.78, 5) is 0. The van der Waals surface area contributed by atoms with Crippen LogP contribution in [0.1, 0.15) is 34.3 Å². The third-order valence-electron chi connectivity index (χ3n) is 3.30. The average Bonchev–Trinajstić information content (AvgIpc) is 2.57. The minimum Gasteiger partial charge on any atom is -0.466 e. The lowest BCUT2D eigenvalue weighted by atomic mass is 9.95. The van der Waals surface area contributed by atoms with Crippen molar-refractivity contribution in [3.63, 3.8) is 0 Å². The molecule has 1 aromatic carbocycles. The molecule has 0 aliphatic rings. The van der Waals surface area contributed by atoms with Gasteiger partial charge >= 0.3 is 0 Å². The van der Waals surface area contributed by atoms with Crippen molar-refractivity contribution in [3.8, 4) is 0 Å². The van der Waals surface area contributed by atoms with Crippen molar-refractivity contribution in [1.29, 1.82) is 0 Å². The molecule has 1 unspecified atom stereocenters. The molecular formula is C14H14F3NO. The summed E-state index contributed by atoms with van der Waals surface area (Å²) in [6.45, 7) is 5.26. The number of furan rings is 1. The van der Waals surface area contributed by atoms with Crippen LogP contribution in [0.3, 0.4) is 0 Å². The highest BCUT2D eigenvalue weighted by molar-refractivity contribution is 5.40. The first-order valence-corrected chi connectivity index (χ1v) is 5.79. The lowest BCUT2D eigenvalue weighted by Crippen LogP contribution is -2.16. The van der Waals surface area contributed by atoms with Crippen LogP contribution in [0.4, 0.5) is 13.2 Å². The van der Waals surface area contributed by atoms with E-state index in [1.807, 2.05) is 0 Å². The monoisotopic (exact) mass is 269 g/mol. The first kappa shape index (κ1) is 13.7. The molecule has 0 fully saturated rings. The molecule has 2 nitrogen and oxygen atoms in total. The standard InChI is InChI=1S/C14H14F3NO/c1-6-7(2)19-8(3)13(6)14(18)9-4-11(16)12(17)5-10(9)15/h4-5,14H,18H2,1-3H3. The maximum atomic E-state index is 13.7. The predicted octanol–water partition coefficient (Wildman–Crippen LogP) is 3.67. The zero-order chi connectivity index (χ0) is 14.3. The summed E-state index contributed by atoms with van der Waals surface area (Å²) in [5.41, 5.74) is 7.26. The Morgan fingerprint density at radius 2 is 1.53 bits per heavy atom. The molecule has 2 N–H and O–H groups in total. The van der Waals surface area contributed by atoms with E-state index in [0.29, 0.717) is 23.2 Å². The highest BCUT2D eigenvalue weighted by Crippen LogP contribution is 2.31. The Bertz CT molecular complexity index is 634. The van der Waals surface area contributed by atoms with Gasteiger partial charge in [0.2, 0.25) is 0 Å². The van der Waals surface area contributed by atoms with Crippen molar-refractivity contribution < 1.29 is 17.6 Å². The van der Waals surface area contributed by atoms with Gasteiger partial charge in [-0.05, 0) is 32.4 Å². The van der Waals surface area contributed by atoms with Gasteiger partial charge in [-0.15, -0.1) is 0 Å². The van der Waals surface area contributed by atoms with Crippen molar-refractivity contribution in [1.82, 2.24) is 0 Å². The number of benzene rings is 1. The van der Waals surface area contributed by atoms with Crippen LogP contribution < -0.4 is 5.73 Å². The van der Waals surface area contributed by atoms with Gasteiger partial charge in [-0.3, -0.25) is 0 Å². The molecule has 1 aromatic heterocycles. The highest BCUT2D eigenvalue weighted by Gasteiger charge is 2.23. The summed E-state index contributed by atoms with van der Waals surface area (Å²) in [5.74, 6) is -2.01. The summed E-state index contributed by atoms with van der Waals surface area (Å²) in [6, 6.07) is 0.395. The van der Waals surface area contributed by atoms with Crippen LogP contribution in [0.2, 0.25) is 0 Å². The molecule has 1 heterocycles. The molecule has 0 amide bonds. The van der Waals surface area contributed by atoms with Crippen LogP contribution in [0.5, 0.6) is 0 Å². The van der Waals surface area contributed by atoms with E-state index in [4.69, 9.17) is 10.2 Å². The van der Waals surface area contributed by atoms with E-state index in [1.165, 1.54) is 0 Å². The number of aryl methyl sites for hydroxylation is 2. The topological polar surface area (TPSA) is 39.2 Å². The largest absolute Gasteiger partial charge is 0.466 e. The zero-order valence-corrected chi connectivity index (χ0v) is 10.9. The molecule has 102 valence electrons. The molecule has 0 radical (unpaired) electrons. The molecular weight excluding hydrogens is 255 g/mol. The first-order valence-electron chi connectivity index (χ1n) is 5.79. The molecule has 2 rings (SSSR count). The fraction of sp³-hybridized carbons (Fsp3) is 0.286. The van der Waals surface area contributed by atoms with Crippen molar-refractivity contribution >= 4 is 0 Å². The van der Waals surface area contributed by atoms with Gasteiger partial charge in [0.1, 0.15) is 17.3 Å². The first-order chi connectivity index (χ1) is 8.82. The molecule has 1 atom stereocenters. The minimum absolute atomic E-state index is 0.0918. The molecule has 5 heteroatoms. The summed E-state index contributed by atoms with van der Waals surface area (Å²) in [6.07, 6.45) is 0. The fourth-order valence-corrected chi connectivity index (χ4v) is 2.20. The second-order valence-electron chi connectivity index (χ2n) is 4.52. The Morgan fingerprint density at radius 3 is 2.05 bits per heavy atom. The van der Waals surface area contributed by atoms with Gasteiger partial charge in [0, 0.05) is 17.2 Å². The quantitative estimate of drug-likeness (QED) is 0.845.